The minimum absolute atomic E-state index is 0.0540. The fraction of sp³-hybridized carbons (Fsp3) is 0.500. The first-order valence-corrected chi connectivity index (χ1v) is 13.9. The molecule has 0 saturated carbocycles. The molecule has 0 spiro atoms. The van der Waals surface area contributed by atoms with Gasteiger partial charge in [-0.15, -0.1) is 0 Å². The van der Waals surface area contributed by atoms with Crippen LogP contribution in [0.4, 0.5) is 0 Å². The summed E-state index contributed by atoms with van der Waals surface area (Å²) < 4.78 is 44.9. The van der Waals surface area contributed by atoms with E-state index in [2.05, 4.69) is 0 Å². The first-order valence-electron chi connectivity index (χ1n) is 12.1. The van der Waals surface area contributed by atoms with Crippen molar-refractivity contribution in [2.24, 2.45) is 5.41 Å². The van der Waals surface area contributed by atoms with Crippen LogP contribution in [0.25, 0.3) is 0 Å². The van der Waals surface area contributed by atoms with Crippen molar-refractivity contribution in [3.63, 3.8) is 0 Å². The Kier molecular flexibility index (Phi) is 8.44. The molecule has 2 saturated heterocycles. The third-order valence-electron chi connectivity index (χ3n) is 7.03. The Morgan fingerprint density at radius 3 is 2.44 bits per heavy atom. The van der Waals surface area contributed by atoms with Crippen molar-refractivity contribution in [2.75, 3.05) is 53.1 Å². The highest BCUT2D eigenvalue weighted by molar-refractivity contribution is 7.89. The molecule has 0 radical (unpaired) electrons. The molecule has 2 aromatic carbocycles. The number of piperidine rings is 1. The molecule has 10 heteroatoms. The maximum Gasteiger partial charge on any atom is 0.243 e. The van der Waals surface area contributed by atoms with Gasteiger partial charge in [-0.2, -0.15) is 4.31 Å². The van der Waals surface area contributed by atoms with E-state index < -0.39 is 15.4 Å². The summed E-state index contributed by atoms with van der Waals surface area (Å²) >= 11 is 6.15. The maximum atomic E-state index is 13.3. The first-order chi connectivity index (χ1) is 17.2. The van der Waals surface area contributed by atoms with Crippen molar-refractivity contribution < 1.29 is 27.4 Å². The Balaban J connectivity index is 1.50. The molecule has 0 bridgehead atoms. The Morgan fingerprint density at radius 2 is 1.78 bits per heavy atom. The van der Waals surface area contributed by atoms with E-state index in [1.165, 1.54) is 17.5 Å². The van der Waals surface area contributed by atoms with Gasteiger partial charge < -0.3 is 19.1 Å². The maximum absolute atomic E-state index is 13.3. The Bertz CT molecular complexity index is 1170. The Hall–Kier alpha value is -2.33. The number of hydrogen-bond acceptors (Lipinski definition) is 6. The zero-order chi connectivity index (χ0) is 25.8. The second-order valence-corrected chi connectivity index (χ2v) is 11.8. The number of rotatable bonds is 8. The Labute approximate surface area is 218 Å². The van der Waals surface area contributed by atoms with E-state index in [4.69, 9.17) is 25.8 Å². The SMILES string of the molecule is COc1cccc(S(=O)(=O)N2CCC(COc3ccc(Cl)c(C)c3)(CC(=O)N3CCOCC3)CC2)c1. The number of benzene rings is 2. The van der Waals surface area contributed by atoms with Crippen LogP contribution in [-0.2, 0) is 19.6 Å². The molecule has 2 heterocycles. The van der Waals surface area contributed by atoms with E-state index >= 15 is 0 Å². The summed E-state index contributed by atoms with van der Waals surface area (Å²) in [7, 11) is -2.18. The molecule has 4 rings (SSSR count). The number of methoxy groups -OCH3 is 1. The molecular formula is C26H33ClN2O6S. The number of halogens is 1. The number of aryl methyl sites for hydroxylation is 1. The van der Waals surface area contributed by atoms with Crippen LogP contribution >= 0.6 is 11.6 Å². The molecule has 2 fully saturated rings. The van der Waals surface area contributed by atoms with Gasteiger partial charge in [-0.25, -0.2) is 8.42 Å². The summed E-state index contributed by atoms with van der Waals surface area (Å²) in [6.07, 6.45) is 1.32. The van der Waals surface area contributed by atoms with Crippen LogP contribution in [0.15, 0.2) is 47.4 Å². The Morgan fingerprint density at radius 1 is 1.06 bits per heavy atom. The van der Waals surface area contributed by atoms with E-state index in [1.807, 2.05) is 24.0 Å². The molecule has 196 valence electrons. The third-order valence-corrected chi connectivity index (χ3v) is 9.35. The predicted octanol–water partition coefficient (Wildman–Crippen LogP) is 3.76. The fourth-order valence-corrected chi connectivity index (χ4v) is 6.27. The molecule has 2 aromatic rings. The number of amides is 1. The van der Waals surface area contributed by atoms with Crippen LogP contribution in [0.2, 0.25) is 5.02 Å². The van der Waals surface area contributed by atoms with Crippen molar-refractivity contribution in [3.05, 3.63) is 53.1 Å². The standard InChI is InChI=1S/C26H33ClN2O6S/c1-20-16-22(6-7-24(20)27)35-19-26(18-25(30)28-12-14-34-15-13-28)8-10-29(11-9-26)36(31,32)23-5-3-4-21(17-23)33-2/h3-7,16-17H,8-15,18-19H2,1-2H3. The van der Waals surface area contributed by atoms with E-state index in [1.54, 1.807) is 24.3 Å². The minimum Gasteiger partial charge on any atom is -0.497 e. The van der Waals surface area contributed by atoms with E-state index in [0.29, 0.717) is 81.8 Å². The van der Waals surface area contributed by atoms with Gasteiger partial charge in [0.1, 0.15) is 11.5 Å². The fourth-order valence-electron chi connectivity index (χ4n) is 4.67. The summed E-state index contributed by atoms with van der Waals surface area (Å²) in [6.45, 7) is 5.05. The summed E-state index contributed by atoms with van der Waals surface area (Å²) in [5.41, 5.74) is 0.426. The van der Waals surface area contributed by atoms with Crippen LogP contribution in [0, 0.1) is 12.3 Å². The predicted molar refractivity (Wildman–Crippen MR) is 137 cm³/mol. The zero-order valence-corrected chi connectivity index (χ0v) is 22.3. The van der Waals surface area contributed by atoms with Gasteiger partial charge in [0.25, 0.3) is 0 Å². The summed E-state index contributed by atoms with van der Waals surface area (Å²) in [4.78, 5) is 15.2. The van der Waals surface area contributed by atoms with E-state index in [0.717, 1.165) is 5.56 Å². The largest absolute Gasteiger partial charge is 0.497 e. The van der Waals surface area contributed by atoms with Gasteiger partial charge >= 0.3 is 0 Å². The smallest absolute Gasteiger partial charge is 0.243 e. The monoisotopic (exact) mass is 536 g/mol. The molecule has 0 atom stereocenters. The van der Waals surface area contributed by atoms with Crippen molar-refractivity contribution in [1.82, 2.24) is 9.21 Å². The van der Waals surface area contributed by atoms with Gasteiger partial charge in [0.15, 0.2) is 0 Å². The number of carbonyl (C=O) groups is 1. The molecule has 0 aromatic heterocycles. The summed E-state index contributed by atoms with van der Waals surface area (Å²) in [5, 5.41) is 0.663. The molecule has 0 aliphatic carbocycles. The number of morpholine rings is 1. The summed E-state index contributed by atoms with van der Waals surface area (Å²) in [5.74, 6) is 1.23. The van der Waals surface area contributed by atoms with Gasteiger partial charge in [-0.3, -0.25) is 4.79 Å². The number of nitrogens with zero attached hydrogens (tertiary/aromatic N) is 2. The van der Waals surface area contributed by atoms with Crippen LogP contribution in [0.1, 0.15) is 24.8 Å². The number of hydrogen-bond donors (Lipinski definition) is 0. The lowest BCUT2D eigenvalue weighted by molar-refractivity contribution is -0.139. The average molecular weight is 537 g/mol. The molecule has 2 aliphatic heterocycles. The lowest BCUT2D eigenvalue weighted by Gasteiger charge is -2.41. The minimum atomic E-state index is -3.69. The van der Waals surface area contributed by atoms with Crippen LogP contribution in [0.3, 0.4) is 0 Å². The second kappa shape index (κ2) is 11.4. The second-order valence-electron chi connectivity index (χ2n) is 9.45. The van der Waals surface area contributed by atoms with Crippen molar-refractivity contribution in [1.29, 1.82) is 0 Å². The van der Waals surface area contributed by atoms with Crippen LogP contribution in [0.5, 0.6) is 11.5 Å². The van der Waals surface area contributed by atoms with E-state index in [-0.39, 0.29) is 10.8 Å². The van der Waals surface area contributed by atoms with Gasteiger partial charge in [0.2, 0.25) is 15.9 Å². The van der Waals surface area contributed by atoms with Crippen molar-refractivity contribution >= 4 is 27.5 Å². The molecule has 0 N–H and O–H groups in total. The average Bonchev–Trinajstić information content (AvgIpc) is 2.90. The quantitative estimate of drug-likeness (QED) is 0.511. The highest BCUT2D eigenvalue weighted by Crippen LogP contribution is 2.38. The molecule has 2 aliphatic rings. The van der Waals surface area contributed by atoms with Gasteiger partial charge in [0.05, 0.1) is 31.8 Å². The number of sulfonamides is 1. The lowest BCUT2D eigenvalue weighted by Crippen LogP contribution is -2.49. The number of carbonyl (C=O) groups excluding carboxylic acids is 1. The van der Waals surface area contributed by atoms with Gasteiger partial charge in [-0.05, 0) is 55.7 Å². The zero-order valence-electron chi connectivity index (χ0n) is 20.7. The molecular weight excluding hydrogens is 504 g/mol. The van der Waals surface area contributed by atoms with Gasteiger partial charge in [0, 0.05) is 49.1 Å². The molecule has 8 nitrogen and oxygen atoms in total. The van der Waals surface area contributed by atoms with Crippen LogP contribution in [-0.4, -0.2) is 76.6 Å². The number of ether oxygens (including phenoxy) is 3. The highest BCUT2D eigenvalue weighted by Gasteiger charge is 2.41. The van der Waals surface area contributed by atoms with Crippen molar-refractivity contribution in [3.8, 4) is 11.5 Å². The van der Waals surface area contributed by atoms with Gasteiger partial charge in [-0.1, -0.05) is 17.7 Å². The molecule has 0 unspecified atom stereocenters. The van der Waals surface area contributed by atoms with Crippen LogP contribution < -0.4 is 9.47 Å². The first kappa shape index (κ1) is 26.7. The lowest BCUT2D eigenvalue weighted by atomic mass is 9.76. The normalized spacial score (nSPS) is 18.6. The molecule has 36 heavy (non-hydrogen) atoms. The summed E-state index contributed by atoms with van der Waals surface area (Å²) in [6, 6.07) is 12.0. The highest BCUT2D eigenvalue weighted by atomic mass is 35.5. The topological polar surface area (TPSA) is 85.4 Å². The third kappa shape index (κ3) is 6.14. The van der Waals surface area contributed by atoms with E-state index in [9.17, 15) is 13.2 Å². The molecule has 1 amide bonds. The van der Waals surface area contributed by atoms with Crippen molar-refractivity contribution in [2.45, 2.75) is 31.1 Å².